The quantitative estimate of drug-likeness (QED) is 0.639. The molecule has 1 aliphatic rings. The van der Waals surface area contributed by atoms with Gasteiger partial charge in [0.2, 0.25) is 0 Å². The fourth-order valence-corrected chi connectivity index (χ4v) is 2.81. The van der Waals surface area contributed by atoms with Gasteiger partial charge in [0.25, 0.3) is 0 Å². The van der Waals surface area contributed by atoms with E-state index in [0.29, 0.717) is 5.41 Å². The Morgan fingerprint density at radius 2 is 1.80 bits per heavy atom. The topological polar surface area (TPSA) is 0 Å². The van der Waals surface area contributed by atoms with Gasteiger partial charge in [0, 0.05) is 0 Å². The Morgan fingerprint density at radius 3 is 2.47 bits per heavy atom. The van der Waals surface area contributed by atoms with Crippen molar-refractivity contribution in [1.82, 2.24) is 0 Å². The Morgan fingerprint density at radius 1 is 1.13 bits per heavy atom. The molecule has 0 N–H and O–H groups in total. The molecule has 0 nitrogen and oxygen atoms in total. The predicted molar refractivity (Wildman–Crippen MR) is 66.0 cm³/mol. The van der Waals surface area contributed by atoms with Gasteiger partial charge >= 0.3 is 0 Å². The van der Waals surface area contributed by atoms with Crippen molar-refractivity contribution in [2.45, 2.75) is 46.5 Å². The summed E-state index contributed by atoms with van der Waals surface area (Å²) in [4.78, 5) is 0. The van der Waals surface area contributed by atoms with Gasteiger partial charge in [0.15, 0.2) is 0 Å². The van der Waals surface area contributed by atoms with E-state index in [-0.39, 0.29) is 0 Å². The van der Waals surface area contributed by atoms with E-state index in [0.717, 1.165) is 5.92 Å². The maximum Gasteiger partial charge on any atom is -0.0247 e. The molecule has 2 rings (SSSR count). The standard InChI is InChI=1S/C15H22/c1-15(2,3)11-12-8-9-13-6-4-5-7-14(13)10-12/h4-7,12H,8-11H2,1-3H3. The van der Waals surface area contributed by atoms with E-state index >= 15 is 0 Å². The van der Waals surface area contributed by atoms with Crippen LogP contribution in [0.4, 0.5) is 0 Å². The number of hydrogen-bond acceptors (Lipinski definition) is 0. The molecule has 0 heteroatoms. The Hall–Kier alpha value is -0.780. The van der Waals surface area contributed by atoms with Gasteiger partial charge in [0.05, 0.1) is 0 Å². The second kappa shape index (κ2) is 4.00. The Labute approximate surface area is 93.7 Å². The van der Waals surface area contributed by atoms with Gasteiger partial charge in [0.1, 0.15) is 0 Å². The van der Waals surface area contributed by atoms with Gasteiger partial charge < -0.3 is 0 Å². The number of benzene rings is 1. The van der Waals surface area contributed by atoms with Gasteiger partial charge in [-0.05, 0) is 48.1 Å². The number of rotatable bonds is 1. The van der Waals surface area contributed by atoms with E-state index in [2.05, 4.69) is 45.0 Å². The summed E-state index contributed by atoms with van der Waals surface area (Å²) in [5.41, 5.74) is 3.66. The van der Waals surface area contributed by atoms with Crippen molar-refractivity contribution in [1.29, 1.82) is 0 Å². The molecule has 82 valence electrons. The van der Waals surface area contributed by atoms with Crippen LogP contribution in [0.1, 0.15) is 44.7 Å². The molecule has 1 atom stereocenters. The predicted octanol–water partition coefficient (Wildman–Crippen LogP) is 4.23. The highest BCUT2D eigenvalue weighted by Crippen LogP contribution is 2.33. The second-order valence-corrected chi connectivity index (χ2v) is 6.14. The van der Waals surface area contributed by atoms with Crippen molar-refractivity contribution in [3.63, 3.8) is 0 Å². The Balaban J connectivity index is 2.06. The molecule has 1 aliphatic carbocycles. The zero-order valence-electron chi connectivity index (χ0n) is 10.2. The number of fused-ring (bicyclic) bond motifs is 1. The van der Waals surface area contributed by atoms with E-state index < -0.39 is 0 Å². The van der Waals surface area contributed by atoms with Gasteiger partial charge in [-0.1, -0.05) is 45.0 Å². The number of aryl methyl sites for hydroxylation is 1. The second-order valence-electron chi connectivity index (χ2n) is 6.14. The highest BCUT2D eigenvalue weighted by molar-refractivity contribution is 5.29. The lowest BCUT2D eigenvalue weighted by atomic mass is 9.76. The van der Waals surface area contributed by atoms with Crippen molar-refractivity contribution in [2.75, 3.05) is 0 Å². The summed E-state index contributed by atoms with van der Waals surface area (Å²) in [6.07, 6.45) is 5.33. The summed E-state index contributed by atoms with van der Waals surface area (Å²) in [7, 11) is 0. The van der Waals surface area contributed by atoms with Crippen LogP contribution in [-0.4, -0.2) is 0 Å². The van der Waals surface area contributed by atoms with Crippen LogP contribution in [0.25, 0.3) is 0 Å². The van der Waals surface area contributed by atoms with E-state index in [1.165, 1.54) is 25.7 Å². The summed E-state index contributed by atoms with van der Waals surface area (Å²) in [5.74, 6) is 0.903. The molecule has 0 fully saturated rings. The minimum Gasteiger partial charge on any atom is -0.0620 e. The highest BCUT2D eigenvalue weighted by Gasteiger charge is 2.23. The lowest BCUT2D eigenvalue weighted by Gasteiger charge is -2.30. The third-order valence-electron chi connectivity index (χ3n) is 3.35. The molecule has 0 radical (unpaired) electrons. The third-order valence-corrected chi connectivity index (χ3v) is 3.35. The largest absolute Gasteiger partial charge is 0.0620 e. The minimum absolute atomic E-state index is 0.483. The monoisotopic (exact) mass is 202 g/mol. The molecular weight excluding hydrogens is 180 g/mol. The van der Waals surface area contributed by atoms with E-state index in [1.54, 1.807) is 11.1 Å². The normalized spacial score (nSPS) is 21.1. The zero-order valence-corrected chi connectivity index (χ0v) is 10.2. The molecular formula is C15H22. The third kappa shape index (κ3) is 2.84. The lowest BCUT2D eigenvalue weighted by Crippen LogP contribution is -2.20. The van der Waals surface area contributed by atoms with E-state index in [4.69, 9.17) is 0 Å². The molecule has 0 heterocycles. The molecule has 0 bridgehead atoms. The first kappa shape index (κ1) is 10.7. The summed E-state index contributed by atoms with van der Waals surface area (Å²) >= 11 is 0. The molecule has 0 saturated carbocycles. The average molecular weight is 202 g/mol. The molecule has 15 heavy (non-hydrogen) atoms. The fraction of sp³-hybridized carbons (Fsp3) is 0.600. The van der Waals surface area contributed by atoms with Crippen molar-refractivity contribution in [3.05, 3.63) is 35.4 Å². The molecule has 0 saturated heterocycles. The van der Waals surface area contributed by atoms with Gasteiger partial charge in [-0.2, -0.15) is 0 Å². The van der Waals surface area contributed by atoms with Crippen LogP contribution in [0, 0.1) is 11.3 Å². The maximum atomic E-state index is 2.35. The molecule has 0 aromatic heterocycles. The Bertz CT molecular complexity index is 330. The fourth-order valence-electron chi connectivity index (χ4n) is 2.81. The van der Waals surface area contributed by atoms with Crippen molar-refractivity contribution < 1.29 is 0 Å². The summed E-state index contributed by atoms with van der Waals surface area (Å²) < 4.78 is 0. The molecule has 0 aliphatic heterocycles. The Kier molecular flexibility index (Phi) is 2.86. The summed E-state index contributed by atoms with van der Waals surface area (Å²) in [6, 6.07) is 8.95. The van der Waals surface area contributed by atoms with Crippen LogP contribution in [-0.2, 0) is 12.8 Å². The number of hydrogen-bond donors (Lipinski definition) is 0. The molecule has 1 aromatic rings. The van der Waals surface area contributed by atoms with Crippen LogP contribution in [0.3, 0.4) is 0 Å². The first-order valence-corrected chi connectivity index (χ1v) is 6.11. The summed E-state index contributed by atoms with van der Waals surface area (Å²) in [6.45, 7) is 7.06. The van der Waals surface area contributed by atoms with Gasteiger partial charge in [-0.15, -0.1) is 0 Å². The minimum atomic E-state index is 0.483. The van der Waals surface area contributed by atoms with Crippen LogP contribution < -0.4 is 0 Å². The smallest absolute Gasteiger partial charge is 0.0247 e. The van der Waals surface area contributed by atoms with Crippen LogP contribution in [0.15, 0.2) is 24.3 Å². The van der Waals surface area contributed by atoms with E-state index in [1.807, 2.05) is 0 Å². The van der Waals surface area contributed by atoms with Crippen LogP contribution in [0.2, 0.25) is 0 Å². The molecule has 0 spiro atoms. The first-order valence-electron chi connectivity index (χ1n) is 6.11. The molecule has 1 aromatic carbocycles. The zero-order chi connectivity index (χ0) is 10.9. The average Bonchev–Trinajstić information content (AvgIpc) is 2.15. The SMILES string of the molecule is CC(C)(C)CC1CCc2ccccc2C1. The van der Waals surface area contributed by atoms with Crippen LogP contribution >= 0.6 is 0 Å². The van der Waals surface area contributed by atoms with Crippen molar-refractivity contribution in [2.24, 2.45) is 11.3 Å². The lowest BCUT2D eigenvalue weighted by molar-refractivity contribution is 0.274. The summed E-state index contributed by atoms with van der Waals surface area (Å²) in [5, 5.41) is 0. The maximum absolute atomic E-state index is 2.35. The molecule has 0 amide bonds. The van der Waals surface area contributed by atoms with E-state index in [9.17, 15) is 0 Å². The van der Waals surface area contributed by atoms with Gasteiger partial charge in [-0.25, -0.2) is 0 Å². The van der Waals surface area contributed by atoms with Crippen molar-refractivity contribution >= 4 is 0 Å². The van der Waals surface area contributed by atoms with Crippen LogP contribution in [0.5, 0.6) is 0 Å². The highest BCUT2D eigenvalue weighted by atomic mass is 14.3. The molecule has 1 unspecified atom stereocenters. The first-order chi connectivity index (χ1) is 7.04. The van der Waals surface area contributed by atoms with Crippen molar-refractivity contribution in [3.8, 4) is 0 Å². The van der Waals surface area contributed by atoms with Gasteiger partial charge in [-0.3, -0.25) is 0 Å².